The zero-order valence-electron chi connectivity index (χ0n) is 8.96. The molecule has 2 rings (SSSR count). The van der Waals surface area contributed by atoms with Crippen LogP contribution in [0.2, 0.25) is 0 Å². The summed E-state index contributed by atoms with van der Waals surface area (Å²) in [5, 5.41) is 0. The lowest BCUT2D eigenvalue weighted by atomic mass is 10.2. The van der Waals surface area contributed by atoms with Gasteiger partial charge in [0, 0.05) is 16.1 Å². The van der Waals surface area contributed by atoms with Crippen LogP contribution in [-0.4, -0.2) is 12.1 Å². The zero-order valence-corrected chi connectivity index (χ0v) is 10.5. The van der Waals surface area contributed by atoms with Crippen molar-refractivity contribution in [1.82, 2.24) is 0 Å². The van der Waals surface area contributed by atoms with Crippen molar-refractivity contribution in [2.75, 3.05) is 0 Å². The number of nitrogens with two attached hydrogens (primary N) is 1. The molecule has 0 bridgehead atoms. The number of rotatable bonds is 3. The Balaban J connectivity index is 1.89. The standard InChI is InChI=1S/C12H15BrFNO/c13-9-2-1-8(12(14)5-9)7-16-11-4-3-10(15)6-11/h1-2,5,10-11H,3-4,6-7,15H2. The van der Waals surface area contributed by atoms with Crippen molar-refractivity contribution in [3.63, 3.8) is 0 Å². The fraction of sp³-hybridized carbons (Fsp3) is 0.500. The van der Waals surface area contributed by atoms with Crippen molar-refractivity contribution >= 4 is 15.9 Å². The number of hydrogen-bond donors (Lipinski definition) is 1. The largest absolute Gasteiger partial charge is 0.373 e. The summed E-state index contributed by atoms with van der Waals surface area (Å²) in [7, 11) is 0. The Bertz CT molecular complexity index is 372. The summed E-state index contributed by atoms with van der Waals surface area (Å²) in [6.45, 7) is 0.330. The first-order chi connectivity index (χ1) is 7.65. The van der Waals surface area contributed by atoms with Gasteiger partial charge in [0.25, 0.3) is 0 Å². The molecule has 2 unspecified atom stereocenters. The van der Waals surface area contributed by atoms with Crippen molar-refractivity contribution in [3.05, 3.63) is 34.1 Å². The van der Waals surface area contributed by atoms with Crippen LogP contribution in [0.3, 0.4) is 0 Å². The van der Waals surface area contributed by atoms with Gasteiger partial charge in [-0.1, -0.05) is 22.0 Å². The van der Waals surface area contributed by atoms with Crippen molar-refractivity contribution < 1.29 is 9.13 Å². The molecular weight excluding hydrogens is 273 g/mol. The maximum atomic E-state index is 13.5. The summed E-state index contributed by atoms with van der Waals surface area (Å²) in [6.07, 6.45) is 3.07. The Morgan fingerprint density at radius 2 is 2.25 bits per heavy atom. The van der Waals surface area contributed by atoms with E-state index in [4.69, 9.17) is 10.5 Å². The van der Waals surface area contributed by atoms with Gasteiger partial charge >= 0.3 is 0 Å². The van der Waals surface area contributed by atoms with E-state index in [2.05, 4.69) is 15.9 Å². The smallest absolute Gasteiger partial charge is 0.129 e. The molecule has 0 heterocycles. The van der Waals surface area contributed by atoms with Gasteiger partial charge in [-0.2, -0.15) is 0 Å². The summed E-state index contributed by atoms with van der Waals surface area (Å²) in [4.78, 5) is 0. The van der Waals surface area contributed by atoms with E-state index in [1.165, 1.54) is 6.07 Å². The maximum Gasteiger partial charge on any atom is 0.129 e. The summed E-state index contributed by atoms with van der Waals surface area (Å²) in [6, 6.07) is 5.27. The second kappa shape index (κ2) is 5.25. The molecule has 0 radical (unpaired) electrons. The van der Waals surface area contributed by atoms with Crippen LogP contribution in [0.25, 0.3) is 0 Å². The Morgan fingerprint density at radius 1 is 1.44 bits per heavy atom. The van der Waals surface area contributed by atoms with Gasteiger partial charge in [0.2, 0.25) is 0 Å². The first kappa shape index (κ1) is 12.0. The highest BCUT2D eigenvalue weighted by atomic mass is 79.9. The number of hydrogen-bond acceptors (Lipinski definition) is 2. The van der Waals surface area contributed by atoms with Crippen LogP contribution in [0, 0.1) is 5.82 Å². The third-order valence-electron chi connectivity index (χ3n) is 2.91. The Labute approximate surface area is 103 Å². The highest BCUT2D eigenvalue weighted by Crippen LogP contribution is 2.23. The fourth-order valence-corrected chi connectivity index (χ4v) is 2.30. The molecule has 0 aliphatic heterocycles. The SMILES string of the molecule is NC1CCC(OCc2ccc(Br)cc2F)C1. The molecular formula is C12H15BrFNO. The molecule has 2 nitrogen and oxygen atoms in total. The molecule has 88 valence electrons. The van der Waals surface area contributed by atoms with Crippen LogP contribution < -0.4 is 5.73 Å². The zero-order chi connectivity index (χ0) is 11.5. The average molecular weight is 288 g/mol. The van der Waals surface area contributed by atoms with E-state index in [-0.39, 0.29) is 18.0 Å². The van der Waals surface area contributed by atoms with Gasteiger partial charge in [0.15, 0.2) is 0 Å². The fourth-order valence-electron chi connectivity index (χ4n) is 1.97. The van der Waals surface area contributed by atoms with E-state index in [1.54, 1.807) is 6.07 Å². The minimum Gasteiger partial charge on any atom is -0.373 e. The molecule has 4 heteroatoms. The number of halogens is 2. The third-order valence-corrected chi connectivity index (χ3v) is 3.41. The maximum absolute atomic E-state index is 13.5. The highest BCUT2D eigenvalue weighted by Gasteiger charge is 2.22. The van der Waals surface area contributed by atoms with Crippen LogP contribution in [0.4, 0.5) is 4.39 Å². The van der Waals surface area contributed by atoms with Crippen molar-refractivity contribution in [1.29, 1.82) is 0 Å². The molecule has 0 spiro atoms. The molecule has 1 aliphatic carbocycles. The van der Waals surface area contributed by atoms with E-state index < -0.39 is 0 Å². The van der Waals surface area contributed by atoms with E-state index in [1.807, 2.05) is 6.07 Å². The van der Waals surface area contributed by atoms with Crippen LogP contribution >= 0.6 is 15.9 Å². The van der Waals surface area contributed by atoms with Crippen LogP contribution in [0.15, 0.2) is 22.7 Å². The van der Waals surface area contributed by atoms with Gasteiger partial charge in [-0.3, -0.25) is 0 Å². The average Bonchev–Trinajstić information content (AvgIpc) is 2.63. The predicted molar refractivity (Wildman–Crippen MR) is 64.5 cm³/mol. The van der Waals surface area contributed by atoms with E-state index in [0.717, 1.165) is 23.7 Å². The summed E-state index contributed by atoms with van der Waals surface area (Å²) >= 11 is 3.22. The molecule has 0 saturated heterocycles. The third kappa shape index (κ3) is 3.03. The van der Waals surface area contributed by atoms with Gasteiger partial charge in [-0.25, -0.2) is 4.39 Å². The molecule has 1 aromatic carbocycles. The summed E-state index contributed by atoms with van der Waals surface area (Å²) in [5.74, 6) is -0.225. The molecule has 2 N–H and O–H groups in total. The van der Waals surface area contributed by atoms with E-state index in [9.17, 15) is 4.39 Å². The monoisotopic (exact) mass is 287 g/mol. The molecule has 1 fully saturated rings. The van der Waals surface area contributed by atoms with E-state index >= 15 is 0 Å². The lowest BCUT2D eigenvalue weighted by molar-refractivity contribution is 0.0433. The lowest BCUT2D eigenvalue weighted by Crippen LogP contribution is -2.17. The van der Waals surface area contributed by atoms with Gasteiger partial charge in [0.05, 0.1) is 12.7 Å². The Hall–Kier alpha value is -0.450. The number of ether oxygens (including phenoxy) is 1. The topological polar surface area (TPSA) is 35.2 Å². The van der Waals surface area contributed by atoms with Gasteiger partial charge < -0.3 is 10.5 Å². The van der Waals surface area contributed by atoms with Gasteiger partial charge in [-0.15, -0.1) is 0 Å². The molecule has 0 amide bonds. The van der Waals surface area contributed by atoms with Crippen LogP contribution in [0.1, 0.15) is 24.8 Å². The second-order valence-electron chi connectivity index (χ2n) is 4.24. The summed E-state index contributed by atoms with van der Waals surface area (Å²) < 4.78 is 19.9. The van der Waals surface area contributed by atoms with Gasteiger partial charge in [-0.05, 0) is 31.4 Å². The predicted octanol–water partition coefficient (Wildman–Crippen LogP) is 2.98. The highest BCUT2D eigenvalue weighted by molar-refractivity contribution is 9.10. The van der Waals surface area contributed by atoms with Crippen LogP contribution in [-0.2, 0) is 11.3 Å². The molecule has 16 heavy (non-hydrogen) atoms. The number of benzene rings is 1. The first-order valence-corrected chi connectivity index (χ1v) is 6.25. The quantitative estimate of drug-likeness (QED) is 0.928. The van der Waals surface area contributed by atoms with E-state index in [0.29, 0.717) is 12.2 Å². The van der Waals surface area contributed by atoms with Crippen molar-refractivity contribution in [2.24, 2.45) is 5.73 Å². The minimum absolute atomic E-state index is 0.193. The summed E-state index contributed by atoms with van der Waals surface area (Å²) in [5.41, 5.74) is 6.38. The van der Waals surface area contributed by atoms with Crippen LogP contribution in [0.5, 0.6) is 0 Å². The Morgan fingerprint density at radius 3 is 2.88 bits per heavy atom. The molecule has 1 aliphatic rings. The van der Waals surface area contributed by atoms with Gasteiger partial charge in [0.1, 0.15) is 5.82 Å². The lowest BCUT2D eigenvalue weighted by Gasteiger charge is -2.12. The molecule has 2 atom stereocenters. The minimum atomic E-state index is -0.225. The van der Waals surface area contributed by atoms with Crippen molar-refractivity contribution in [2.45, 2.75) is 38.0 Å². The first-order valence-electron chi connectivity index (χ1n) is 5.46. The normalized spacial score (nSPS) is 24.9. The Kier molecular flexibility index (Phi) is 3.95. The molecule has 0 aromatic heterocycles. The molecule has 1 aromatic rings. The molecule has 1 saturated carbocycles. The van der Waals surface area contributed by atoms with Crippen molar-refractivity contribution in [3.8, 4) is 0 Å². The second-order valence-corrected chi connectivity index (χ2v) is 5.16.